The first-order chi connectivity index (χ1) is 18.9. The molecule has 9 heteroatoms. The maximum Gasteiger partial charge on any atom is 0.244 e. The van der Waals surface area contributed by atoms with Crippen LogP contribution in [0.5, 0.6) is 11.5 Å². The molecule has 1 unspecified atom stereocenters. The first-order valence-corrected chi connectivity index (χ1v) is 14.9. The number of ether oxygens (including phenoxy) is 2. The van der Waals surface area contributed by atoms with Crippen molar-refractivity contribution in [3.63, 3.8) is 0 Å². The van der Waals surface area contributed by atoms with E-state index in [4.69, 9.17) is 9.47 Å². The Morgan fingerprint density at radius 3 is 2.15 bits per heavy atom. The maximum atomic E-state index is 14.0. The fourth-order valence-electron chi connectivity index (χ4n) is 5.35. The third-order valence-corrected chi connectivity index (χ3v) is 9.20. The van der Waals surface area contributed by atoms with E-state index in [0.717, 1.165) is 22.6 Å². The highest BCUT2D eigenvalue weighted by molar-refractivity contribution is 7.89. The predicted molar refractivity (Wildman–Crippen MR) is 151 cm³/mol. The second-order valence-electron chi connectivity index (χ2n) is 9.66. The lowest BCUT2D eigenvalue weighted by molar-refractivity contribution is -0.136. The number of piperazine rings is 1. The van der Waals surface area contributed by atoms with Gasteiger partial charge in [0.1, 0.15) is 17.5 Å². The Morgan fingerprint density at radius 1 is 0.821 bits per heavy atom. The summed E-state index contributed by atoms with van der Waals surface area (Å²) in [5, 5.41) is 0. The van der Waals surface area contributed by atoms with E-state index in [1.807, 2.05) is 62.4 Å². The van der Waals surface area contributed by atoms with E-state index in [1.54, 1.807) is 29.2 Å². The number of para-hydroxylation sites is 2. The number of anilines is 1. The van der Waals surface area contributed by atoms with Crippen molar-refractivity contribution in [1.82, 2.24) is 9.21 Å². The molecule has 3 aromatic rings. The molecule has 0 aromatic heterocycles. The van der Waals surface area contributed by atoms with E-state index in [-0.39, 0.29) is 17.3 Å². The number of nitrogens with zero attached hydrogens (tertiary/aromatic N) is 3. The number of rotatable bonds is 8. The summed E-state index contributed by atoms with van der Waals surface area (Å²) in [4.78, 5) is 18.1. The molecule has 2 heterocycles. The minimum atomic E-state index is -3.93. The molecular weight excluding hydrogens is 514 g/mol. The van der Waals surface area contributed by atoms with Crippen molar-refractivity contribution in [2.24, 2.45) is 0 Å². The fraction of sp³-hybridized carbons (Fsp3) is 0.367. The molecule has 1 amide bonds. The highest BCUT2D eigenvalue weighted by atomic mass is 32.2. The van der Waals surface area contributed by atoms with Crippen LogP contribution in [-0.2, 0) is 27.8 Å². The van der Waals surface area contributed by atoms with Crippen LogP contribution < -0.4 is 14.4 Å². The summed E-state index contributed by atoms with van der Waals surface area (Å²) in [6, 6.07) is 21.3. The molecule has 2 aliphatic rings. The average molecular weight is 550 g/mol. The van der Waals surface area contributed by atoms with E-state index in [1.165, 1.54) is 4.31 Å². The number of benzene rings is 3. The Hall–Kier alpha value is -3.56. The molecule has 0 N–H and O–H groups in total. The van der Waals surface area contributed by atoms with Crippen LogP contribution in [-0.4, -0.2) is 69.0 Å². The van der Waals surface area contributed by atoms with E-state index < -0.39 is 16.1 Å². The Kier molecular flexibility index (Phi) is 8.09. The van der Waals surface area contributed by atoms with Crippen molar-refractivity contribution in [3.05, 3.63) is 83.9 Å². The third kappa shape index (κ3) is 5.60. The van der Waals surface area contributed by atoms with Gasteiger partial charge in [0.15, 0.2) is 0 Å². The molecule has 0 bridgehead atoms. The zero-order chi connectivity index (χ0) is 27.4. The van der Waals surface area contributed by atoms with Crippen LogP contribution in [0.15, 0.2) is 77.7 Å². The average Bonchev–Trinajstić information content (AvgIpc) is 2.97. The largest absolute Gasteiger partial charge is 0.494 e. The zero-order valence-corrected chi connectivity index (χ0v) is 23.3. The molecule has 8 nitrogen and oxygen atoms in total. The van der Waals surface area contributed by atoms with Crippen LogP contribution in [0.1, 0.15) is 25.0 Å². The van der Waals surface area contributed by atoms with Crippen molar-refractivity contribution in [2.75, 3.05) is 44.3 Å². The van der Waals surface area contributed by atoms with E-state index in [2.05, 4.69) is 4.90 Å². The normalized spacial score (nSPS) is 17.9. The van der Waals surface area contributed by atoms with Gasteiger partial charge in [-0.2, -0.15) is 4.31 Å². The Bertz CT molecular complexity index is 1400. The lowest BCUT2D eigenvalue weighted by atomic mass is 9.95. The quantitative estimate of drug-likeness (QED) is 0.424. The number of hydrogen-bond donors (Lipinski definition) is 0. The maximum absolute atomic E-state index is 14.0. The minimum absolute atomic E-state index is 0.153. The monoisotopic (exact) mass is 549 g/mol. The van der Waals surface area contributed by atoms with Crippen LogP contribution >= 0.6 is 0 Å². The number of hydrogen-bond acceptors (Lipinski definition) is 6. The van der Waals surface area contributed by atoms with Gasteiger partial charge >= 0.3 is 0 Å². The van der Waals surface area contributed by atoms with Gasteiger partial charge in [0.05, 0.1) is 23.8 Å². The third-order valence-electron chi connectivity index (χ3n) is 7.33. The molecule has 0 aliphatic carbocycles. The van der Waals surface area contributed by atoms with Crippen molar-refractivity contribution in [3.8, 4) is 11.5 Å². The van der Waals surface area contributed by atoms with E-state index in [0.29, 0.717) is 51.6 Å². The molecule has 1 fully saturated rings. The molecule has 1 saturated heterocycles. The highest BCUT2D eigenvalue weighted by Crippen LogP contribution is 2.32. The van der Waals surface area contributed by atoms with Crippen LogP contribution in [0, 0.1) is 0 Å². The number of sulfonamides is 1. The van der Waals surface area contributed by atoms with Gasteiger partial charge in [0.2, 0.25) is 15.9 Å². The number of carbonyl (C=O) groups excluding carboxylic acids is 1. The Morgan fingerprint density at radius 2 is 1.46 bits per heavy atom. The lowest BCUT2D eigenvalue weighted by Gasteiger charge is -2.41. The second-order valence-corrected chi connectivity index (χ2v) is 11.5. The fourth-order valence-corrected chi connectivity index (χ4v) is 6.91. The molecule has 2 aliphatic heterocycles. The minimum Gasteiger partial charge on any atom is -0.494 e. The van der Waals surface area contributed by atoms with Crippen molar-refractivity contribution in [1.29, 1.82) is 0 Å². The van der Waals surface area contributed by atoms with Gasteiger partial charge in [-0.05, 0) is 67.8 Å². The first kappa shape index (κ1) is 27.0. The standard InChI is InChI=1S/C30H35N3O5S/c1-3-37-25-13-15-26(16-14-25)39(35,36)33-22-24-10-6-5-9-23(24)21-28(33)30(34)32-19-17-31(18-20-32)27-11-7-8-12-29(27)38-4-2/h5-16,28H,3-4,17-22H2,1-2H3. The topological polar surface area (TPSA) is 79.4 Å². The Labute approximate surface area is 230 Å². The smallest absolute Gasteiger partial charge is 0.244 e. The number of fused-ring (bicyclic) bond motifs is 1. The molecule has 3 aromatic carbocycles. The van der Waals surface area contributed by atoms with Crippen LogP contribution in [0.25, 0.3) is 0 Å². The van der Waals surface area contributed by atoms with E-state index in [9.17, 15) is 13.2 Å². The van der Waals surface area contributed by atoms with Crippen molar-refractivity contribution in [2.45, 2.75) is 37.8 Å². The first-order valence-electron chi connectivity index (χ1n) is 13.5. The summed E-state index contributed by atoms with van der Waals surface area (Å²) in [5.41, 5.74) is 2.95. The van der Waals surface area contributed by atoms with Gasteiger partial charge < -0.3 is 19.3 Å². The Balaban J connectivity index is 1.38. The SMILES string of the molecule is CCOc1ccc(S(=O)(=O)N2Cc3ccccc3CC2C(=O)N2CCN(c3ccccc3OCC)CC2)cc1. The van der Waals surface area contributed by atoms with E-state index >= 15 is 0 Å². The second kappa shape index (κ2) is 11.7. The van der Waals surface area contributed by atoms with Crippen LogP contribution in [0.2, 0.25) is 0 Å². The number of amides is 1. The highest BCUT2D eigenvalue weighted by Gasteiger charge is 2.41. The summed E-state index contributed by atoms with van der Waals surface area (Å²) in [6.45, 7) is 7.38. The van der Waals surface area contributed by atoms with Gasteiger partial charge in [0.25, 0.3) is 0 Å². The number of carbonyl (C=O) groups is 1. The van der Waals surface area contributed by atoms with Gasteiger partial charge in [0, 0.05) is 32.7 Å². The zero-order valence-electron chi connectivity index (χ0n) is 22.5. The summed E-state index contributed by atoms with van der Waals surface area (Å²) >= 11 is 0. The van der Waals surface area contributed by atoms with Gasteiger partial charge in [-0.3, -0.25) is 4.79 Å². The predicted octanol–water partition coefficient (Wildman–Crippen LogP) is 3.95. The van der Waals surface area contributed by atoms with Crippen molar-refractivity contribution >= 4 is 21.6 Å². The van der Waals surface area contributed by atoms with Gasteiger partial charge in [-0.25, -0.2) is 8.42 Å². The summed E-state index contributed by atoms with van der Waals surface area (Å²) in [6.07, 6.45) is 0.346. The summed E-state index contributed by atoms with van der Waals surface area (Å²) < 4.78 is 40.5. The molecular formula is C30H35N3O5S. The molecule has 0 saturated carbocycles. The van der Waals surface area contributed by atoms with Gasteiger partial charge in [-0.15, -0.1) is 0 Å². The summed E-state index contributed by atoms with van der Waals surface area (Å²) in [5.74, 6) is 1.28. The summed E-state index contributed by atoms with van der Waals surface area (Å²) in [7, 11) is -3.93. The molecule has 0 radical (unpaired) electrons. The van der Waals surface area contributed by atoms with Crippen LogP contribution in [0.3, 0.4) is 0 Å². The molecule has 206 valence electrons. The molecule has 1 atom stereocenters. The lowest BCUT2D eigenvalue weighted by Crippen LogP contribution is -2.57. The van der Waals surface area contributed by atoms with Gasteiger partial charge in [-0.1, -0.05) is 36.4 Å². The molecule has 5 rings (SSSR count). The van der Waals surface area contributed by atoms with Crippen LogP contribution in [0.4, 0.5) is 5.69 Å². The van der Waals surface area contributed by atoms with Crippen molar-refractivity contribution < 1.29 is 22.7 Å². The molecule has 0 spiro atoms. The molecule has 39 heavy (non-hydrogen) atoms.